The first-order chi connectivity index (χ1) is 15.0. The number of nitrogens with two attached hydrogens (primary N) is 1. The Morgan fingerprint density at radius 3 is 2.81 bits per heavy atom. The number of benzene rings is 2. The molecule has 0 aliphatic carbocycles. The second-order valence-electron chi connectivity index (χ2n) is 8.16. The van der Waals surface area contributed by atoms with Crippen LogP contribution in [0.3, 0.4) is 0 Å². The number of amides is 1. The average Bonchev–Trinajstić information content (AvgIpc) is 3.39. The largest absolute Gasteiger partial charge is 0.387 e. The van der Waals surface area contributed by atoms with E-state index in [0.717, 1.165) is 36.0 Å². The van der Waals surface area contributed by atoms with Crippen molar-refractivity contribution >= 4 is 41.4 Å². The molecule has 0 radical (unpaired) electrons. The Labute approximate surface area is 187 Å². The second-order valence-corrected chi connectivity index (χ2v) is 9.05. The van der Waals surface area contributed by atoms with E-state index in [2.05, 4.69) is 27.8 Å². The standard InChI is InChI=1S/C23H27BN4O2S/c24-18-11-14(6-8-19(18)28-21(29)12-17-13-31-23(25)27-17)10-16-7-9-20(26-16)22(30)15-4-2-1-3-5-15/h1-6,8,11,13,16,20,22,26,30H,7,9-10,12,24H2,(H2,25,27)(H,28,29)/t16-,20-,22-/m1/s1. The first-order valence-electron chi connectivity index (χ1n) is 10.6. The number of nitrogens with one attached hydrogen (secondary N) is 2. The number of nitrogens with zero attached hydrogens (tertiary/aromatic N) is 1. The minimum absolute atomic E-state index is 0.0757. The van der Waals surface area contributed by atoms with E-state index < -0.39 is 6.10 Å². The molecule has 3 aromatic rings. The number of hydrogen-bond acceptors (Lipinski definition) is 6. The van der Waals surface area contributed by atoms with Crippen LogP contribution in [-0.2, 0) is 17.6 Å². The summed E-state index contributed by atoms with van der Waals surface area (Å²) in [6, 6.07) is 16.4. The van der Waals surface area contributed by atoms with Crippen LogP contribution in [0.1, 0.15) is 35.8 Å². The summed E-state index contributed by atoms with van der Waals surface area (Å²) in [6.45, 7) is 0. The van der Waals surface area contributed by atoms with E-state index in [-0.39, 0.29) is 18.4 Å². The predicted molar refractivity (Wildman–Crippen MR) is 129 cm³/mol. The summed E-state index contributed by atoms with van der Waals surface area (Å²) in [4.78, 5) is 16.4. The summed E-state index contributed by atoms with van der Waals surface area (Å²) >= 11 is 1.34. The van der Waals surface area contributed by atoms with E-state index in [1.54, 1.807) is 0 Å². The maximum absolute atomic E-state index is 12.3. The summed E-state index contributed by atoms with van der Waals surface area (Å²) in [5, 5.41) is 19.5. The fraction of sp³-hybridized carbons (Fsp3) is 0.304. The van der Waals surface area contributed by atoms with Gasteiger partial charge in [0.1, 0.15) is 7.85 Å². The molecule has 1 aliphatic rings. The van der Waals surface area contributed by atoms with Crippen molar-refractivity contribution in [1.29, 1.82) is 0 Å². The molecule has 0 saturated carbocycles. The molecule has 2 aromatic carbocycles. The summed E-state index contributed by atoms with van der Waals surface area (Å²) in [5.74, 6) is -0.101. The number of rotatable bonds is 7. The van der Waals surface area contributed by atoms with Gasteiger partial charge in [-0.25, -0.2) is 4.98 Å². The molecule has 1 aliphatic heterocycles. The molecule has 1 fully saturated rings. The van der Waals surface area contributed by atoms with Crippen molar-refractivity contribution in [2.45, 2.75) is 43.9 Å². The van der Waals surface area contributed by atoms with Crippen molar-refractivity contribution in [2.75, 3.05) is 11.1 Å². The topological polar surface area (TPSA) is 100 Å². The molecular weight excluding hydrogens is 407 g/mol. The maximum atomic E-state index is 12.3. The molecule has 0 unspecified atom stereocenters. The smallest absolute Gasteiger partial charge is 0.230 e. The molecule has 8 heteroatoms. The molecule has 5 N–H and O–H groups in total. The van der Waals surface area contributed by atoms with Crippen LogP contribution in [0.25, 0.3) is 0 Å². The fourth-order valence-corrected chi connectivity index (χ4v) is 4.75. The van der Waals surface area contributed by atoms with Gasteiger partial charge in [0, 0.05) is 23.2 Å². The van der Waals surface area contributed by atoms with Crippen molar-refractivity contribution in [3.05, 3.63) is 70.7 Å². The first-order valence-corrected chi connectivity index (χ1v) is 11.4. The molecule has 160 valence electrons. The number of carbonyl (C=O) groups is 1. The van der Waals surface area contributed by atoms with E-state index in [4.69, 9.17) is 5.73 Å². The van der Waals surface area contributed by atoms with Gasteiger partial charge in [-0.2, -0.15) is 0 Å². The highest BCUT2D eigenvalue weighted by molar-refractivity contribution is 7.13. The van der Waals surface area contributed by atoms with Crippen LogP contribution in [-0.4, -0.2) is 35.9 Å². The minimum atomic E-state index is -0.487. The van der Waals surface area contributed by atoms with Crippen LogP contribution in [0.15, 0.2) is 53.9 Å². The monoisotopic (exact) mass is 434 g/mol. The number of carbonyl (C=O) groups excluding carboxylic acids is 1. The van der Waals surface area contributed by atoms with E-state index >= 15 is 0 Å². The molecule has 1 aromatic heterocycles. The van der Waals surface area contributed by atoms with Crippen molar-refractivity contribution in [1.82, 2.24) is 10.3 Å². The number of aromatic nitrogens is 1. The number of aliphatic hydroxyl groups excluding tert-OH is 1. The summed E-state index contributed by atoms with van der Waals surface area (Å²) in [6.07, 6.45) is 2.60. The number of aliphatic hydroxyl groups is 1. The molecule has 1 saturated heterocycles. The van der Waals surface area contributed by atoms with Crippen molar-refractivity contribution < 1.29 is 9.90 Å². The van der Waals surface area contributed by atoms with Gasteiger partial charge in [0.15, 0.2) is 5.13 Å². The van der Waals surface area contributed by atoms with E-state index in [1.165, 1.54) is 16.9 Å². The van der Waals surface area contributed by atoms with Crippen LogP contribution in [0, 0.1) is 0 Å². The number of anilines is 2. The fourth-order valence-electron chi connectivity index (χ4n) is 4.18. The van der Waals surface area contributed by atoms with Crippen molar-refractivity contribution in [3.63, 3.8) is 0 Å². The van der Waals surface area contributed by atoms with E-state index in [9.17, 15) is 9.90 Å². The third-order valence-corrected chi connectivity index (χ3v) is 6.48. The number of thiazole rings is 1. The highest BCUT2D eigenvalue weighted by Crippen LogP contribution is 2.26. The number of hydrogen-bond donors (Lipinski definition) is 4. The quantitative estimate of drug-likeness (QED) is 0.423. The molecular formula is C23H27BN4O2S. The Morgan fingerprint density at radius 2 is 2.10 bits per heavy atom. The van der Waals surface area contributed by atoms with Gasteiger partial charge in [0.25, 0.3) is 0 Å². The van der Waals surface area contributed by atoms with Gasteiger partial charge >= 0.3 is 0 Å². The lowest BCUT2D eigenvalue weighted by Gasteiger charge is -2.20. The zero-order chi connectivity index (χ0) is 21.8. The molecule has 4 rings (SSSR count). The van der Waals surface area contributed by atoms with Gasteiger partial charge in [-0.15, -0.1) is 11.3 Å². The Bertz CT molecular complexity index is 1040. The third kappa shape index (κ3) is 5.52. The van der Waals surface area contributed by atoms with Crippen molar-refractivity contribution in [3.8, 4) is 0 Å². The van der Waals surface area contributed by atoms with Gasteiger partial charge in [-0.05, 0) is 36.5 Å². The van der Waals surface area contributed by atoms with Gasteiger partial charge in [0.2, 0.25) is 5.91 Å². The lowest BCUT2D eigenvalue weighted by Crippen LogP contribution is -2.35. The lowest BCUT2D eigenvalue weighted by molar-refractivity contribution is -0.115. The van der Waals surface area contributed by atoms with E-state index in [1.807, 2.05) is 49.6 Å². The Balaban J connectivity index is 1.31. The first kappa shape index (κ1) is 21.6. The zero-order valence-corrected chi connectivity index (χ0v) is 18.4. The highest BCUT2D eigenvalue weighted by atomic mass is 32.1. The highest BCUT2D eigenvalue weighted by Gasteiger charge is 2.29. The summed E-state index contributed by atoms with van der Waals surface area (Å²) < 4.78 is 0. The normalized spacial score (nSPS) is 19.3. The van der Waals surface area contributed by atoms with Gasteiger partial charge in [-0.3, -0.25) is 4.79 Å². The molecule has 6 nitrogen and oxygen atoms in total. The van der Waals surface area contributed by atoms with Gasteiger partial charge in [0.05, 0.1) is 18.2 Å². The zero-order valence-electron chi connectivity index (χ0n) is 17.5. The molecule has 0 spiro atoms. The molecule has 3 atom stereocenters. The average molecular weight is 434 g/mol. The summed E-state index contributed by atoms with van der Waals surface area (Å²) in [7, 11) is 2.00. The van der Waals surface area contributed by atoms with Crippen LogP contribution in [0.5, 0.6) is 0 Å². The predicted octanol–water partition coefficient (Wildman–Crippen LogP) is 1.56. The maximum Gasteiger partial charge on any atom is 0.230 e. The molecule has 2 heterocycles. The second kappa shape index (κ2) is 9.64. The van der Waals surface area contributed by atoms with Crippen LogP contribution in [0.2, 0.25) is 0 Å². The molecule has 1 amide bonds. The Hall–Kier alpha value is -2.68. The van der Waals surface area contributed by atoms with Crippen LogP contribution >= 0.6 is 11.3 Å². The SMILES string of the molecule is Bc1cc(C[C@H]2CC[C@H]([C@H](O)c3ccccc3)N2)ccc1NC(=O)Cc1csc(N)n1. The Kier molecular flexibility index (Phi) is 6.70. The Morgan fingerprint density at radius 1 is 1.29 bits per heavy atom. The van der Waals surface area contributed by atoms with E-state index in [0.29, 0.717) is 16.9 Å². The van der Waals surface area contributed by atoms with Crippen molar-refractivity contribution in [2.24, 2.45) is 0 Å². The summed E-state index contributed by atoms with van der Waals surface area (Å²) in [5.41, 5.74) is 10.3. The molecule has 0 bridgehead atoms. The van der Waals surface area contributed by atoms with Gasteiger partial charge in [-0.1, -0.05) is 47.9 Å². The minimum Gasteiger partial charge on any atom is -0.387 e. The molecule has 31 heavy (non-hydrogen) atoms. The number of nitrogen functional groups attached to an aromatic ring is 1. The lowest BCUT2D eigenvalue weighted by atomic mass is 9.90. The van der Waals surface area contributed by atoms with Gasteiger partial charge < -0.3 is 21.5 Å². The van der Waals surface area contributed by atoms with Crippen LogP contribution in [0.4, 0.5) is 10.8 Å². The van der Waals surface area contributed by atoms with Crippen LogP contribution < -0.4 is 21.8 Å². The third-order valence-electron chi connectivity index (χ3n) is 5.76.